The first-order valence-electron chi connectivity index (χ1n) is 8.63. The van der Waals surface area contributed by atoms with Crippen molar-refractivity contribution in [3.8, 4) is 0 Å². The van der Waals surface area contributed by atoms with Gasteiger partial charge in [0, 0.05) is 13.2 Å². The molecule has 1 atom stereocenters. The summed E-state index contributed by atoms with van der Waals surface area (Å²) in [6, 6.07) is 9.47. The number of hydrogen-bond acceptors (Lipinski definition) is 6. The van der Waals surface area contributed by atoms with Crippen molar-refractivity contribution in [1.82, 2.24) is 5.32 Å². The molecule has 3 rings (SSSR count). The number of carbonyl (C=O) groups is 3. The van der Waals surface area contributed by atoms with Gasteiger partial charge in [0.25, 0.3) is 11.8 Å². The van der Waals surface area contributed by atoms with Crippen LogP contribution in [0.4, 0.5) is 5.69 Å². The summed E-state index contributed by atoms with van der Waals surface area (Å²) < 4.78 is 15.5. The maximum Gasteiger partial charge on any atom is 0.340 e. The molecule has 8 nitrogen and oxygen atoms in total. The van der Waals surface area contributed by atoms with Gasteiger partial charge in [0.15, 0.2) is 12.4 Å². The molecule has 1 fully saturated rings. The van der Waals surface area contributed by atoms with Gasteiger partial charge in [0.1, 0.15) is 0 Å². The fraction of sp³-hybridized carbons (Fsp3) is 0.316. The van der Waals surface area contributed by atoms with Crippen molar-refractivity contribution in [3.05, 3.63) is 54.0 Å². The van der Waals surface area contributed by atoms with Crippen LogP contribution >= 0.6 is 0 Å². The molecular weight excluding hydrogens is 352 g/mol. The van der Waals surface area contributed by atoms with E-state index in [9.17, 15) is 14.4 Å². The van der Waals surface area contributed by atoms with E-state index in [-0.39, 0.29) is 23.1 Å². The molecule has 0 bridgehead atoms. The van der Waals surface area contributed by atoms with Gasteiger partial charge in [-0.2, -0.15) is 0 Å². The van der Waals surface area contributed by atoms with Gasteiger partial charge in [-0.05, 0) is 37.1 Å². The summed E-state index contributed by atoms with van der Waals surface area (Å²) in [6.07, 6.45) is 3.28. The molecule has 8 heteroatoms. The summed E-state index contributed by atoms with van der Waals surface area (Å²) in [6.45, 7) is 0.689. The molecule has 0 spiro atoms. The first-order chi connectivity index (χ1) is 13.1. The van der Waals surface area contributed by atoms with E-state index in [1.165, 1.54) is 18.4 Å². The molecule has 2 amide bonds. The van der Waals surface area contributed by atoms with E-state index in [1.54, 1.807) is 24.3 Å². The molecule has 2 N–H and O–H groups in total. The third-order valence-electron chi connectivity index (χ3n) is 4.03. The van der Waals surface area contributed by atoms with Crippen LogP contribution in [0.1, 0.15) is 33.8 Å². The summed E-state index contributed by atoms with van der Waals surface area (Å²) >= 11 is 0. The molecule has 0 radical (unpaired) electrons. The van der Waals surface area contributed by atoms with E-state index in [1.807, 2.05) is 0 Å². The first kappa shape index (κ1) is 18.7. The monoisotopic (exact) mass is 372 g/mol. The number of ether oxygens (including phenoxy) is 2. The number of hydrogen-bond donors (Lipinski definition) is 2. The summed E-state index contributed by atoms with van der Waals surface area (Å²) in [5.41, 5.74) is 0.410. The van der Waals surface area contributed by atoms with E-state index in [0.29, 0.717) is 13.2 Å². The molecule has 27 heavy (non-hydrogen) atoms. The fourth-order valence-corrected chi connectivity index (χ4v) is 2.65. The zero-order chi connectivity index (χ0) is 19.1. The Hall–Kier alpha value is -3.13. The number of esters is 1. The van der Waals surface area contributed by atoms with Crippen LogP contribution in [0.25, 0.3) is 0 Å². The molecule has 1 aromatic heterocycles. The van der Waals surface area contributed by atoms with Gasteiger partial charge in [-0.25, -0.2) is 4.79 Å². The number of para-hydroxylation sites is 1. The molecule has 1 aromatic carbocycles. The van der Waals surface area contributed by atoms with Crippen molar-refractivity contribution < 1.29 is 28.3 Å². The Morgan fingerprint density at radius 1 is 1.15 bits per heavy atom. The first-order valence-corrected chi connectivity index (χ1v) is 8.63. The number of anilines is 1. The van der Waals surface area contributed by atoms with Crippen molar-refractivity contribution in [3.63, 3.8) is 0 Å². The maximum absolute atomic E-state index is 12.3. The standard InChI is InChI=1S/C19H20N2O6/c22-17(20-11-13-5-3-9-25-13)12-27-19(24)14-6-1-2-7-15(14)21-18(23)16-8-4-10-26-16/h1-2,4,6-8,10,13H,3,5,9,11-12H2,(H,20,22)(H,21,23)/t13-/m1/s1. The van der Waals surface area contributed by atoms with E-state index in [2.05, 4.69) is 10.6 Å². The molecule has 142 valence electrons. The largest absolute Gasteiger partial charge is 0.459 e. The van der Waals surface area contributed by atoms with Crippen LogP contribution in [0.2, 0.25) is 0 Å². The van der Waals surface area contributed by atoms with Gasteiger partial charge in [0.05, 0.1) is 23.6 Å². The third kappa shape index (κ3) is 5.18. The highest BCUT2D eigenvalue weighted by Crippen LogP contribution is 2.17. The average molecular weight is 372 g/mol. The Morgan fingerprint density at radius 3 is 2.74 bits per heavy atom. The predicted octanol–water partition coefficient (Wildman–Crippen LogP) is 1.98. The van der Waals surface area contributed by atoms with Crippen LogP contribution < -0.4 is 10.6 Å². The lowest BCUT2D eigenvalue weighted by Gasteiger charge is -2.12. The molecular formula is C19H20N2O6. The van der Waals surface area contributed by atoms with E-state index in [4.69, 9.17) is 13.9 Å². The number of amides is 2. The molecule has 0 unspecified atom stereocenters. The summed E-state index contributed by atoms with van der Waals surface area (Å²) in [5, 5.41) is 5.27. The SMILES string of the molecule is O=C(COC(=O)c1ccccc1NC(=O)c1ccco1)NC[C@H]1CCCO1. The Labute approximate surface area is 155 Å². The number of furan rings is 1. The smallest absolute Gasteiger partial charge is 0.340 e. The minimum Gasteiger partial charge on any atom is -0.459 e. The van der Waals surface area contributed by atoms with Crippen LogP contribution in [-0.2, 0) is 14.3 Å². The molecule has 2 heterocycles. The molecule has 2 aromatic rings. The van der Waals surface area contributed by atoms with Crippen LogP contribution in [-0.4, -0.2) is 43.6 Å². The van der Waals surface area contributed by atoms with E-state index in [0.717, 1.165) is 12.8 Å². The Morgan fingerprint density at radius 2 is 2.00 bits per heavy atom. The van der Waals surface area contributed by atoms with Crippen molar-refractivity contribution in [2.45, 2.75) is 18.9 Å². The Kier molecular flexibility index (Phi) is 6.22. The van der Waals surface area contributed by atoms with Crippen molar-refractivity contribution in [2.24, 2.45) is 0 Å². The minimum atomic E-state index is -0.711. The predicted molar refractivity (Wildman–Crippen MR) is 95.4 cm³/mol. The minimum absolute atomic E-state index is 0.0159. The summed E-state index contributed by atoms with van der Waals surface area (Å²) in [5.74, 6) is -1.49. The topological polar surface area (TPSA) is 107 Å². The van der Waals surface area contributed by atoms with E-state index >= 15 is 0 Å². The lowest BCUT2D eigenvalue weighted by atomic mass is 10.1. The van der Waals surface area contributed by atoms with Gasteiger partial charge >= 0.3 is 5.97 Å². The lowest BCUT2D eigenvalue weighted by molar-refractivity contribution is -0.124. The van der Waals surface area contributed by atoms with Gasteiger partial charge in [-0.3, -0.25) is 9.59 Å². The van der Waals surface area contributed by atoms with Crippen molar-refractivity contribution in [1.29, 1.82) is 0 Å². The molecule has 1 saturated heterocycles. The van der Waals surface area contributed by atoms with Gasteiger partial charge in [0.2, 0.25) is 0 Å². The van der Waals surface area contributed by atoms with Gasteiger partial charge in [-0.1, -0.05) is 12.1 Å². The second-order valence-corrected chi connectivity index (χ2v) is 5.99. The quantitative estimate of drug-likeness (QED) is 0.720. The van der Waals surface area contributed by atoms with E-state index < -0.39 is 24.4 Å². The number of rotatable bonds is 7. The van der Waals surface area contributed by atoms with Crippen molar-refractivity contribution in [2.75, 3.05) is 25.1 Å². The Balaban J connectivity index is 1.53. The lowest BCUT2D eigenvalue weighted by Crippen LogP contribution is -2.34. The zero-order valence-corrected chi connectivity index (χ0v) is 14.6. The highest BCUT2D eigenvalue weighted by Gasteiger charge is 2.19. The number of carbonyl (C=O) groups excluding carboxylic acids is 3. The normalized spacial score (nSPS) is 15.9. The number of nitrogens with one attached hydrogen (secondary N) is 2. The highest BCUT2D eigenvalue weighted by molar-refractivity contribution is 6.06. The second-order valence-electron chi connectivity index (χ2n) is 5.99. The van der Waals surface area contributed by atoms with Crippen LogP contribution in [0.15, 0.2) is 47.1 Å². The molecule has 1 aliphatic heterocycles. The zero-order valence-electron chi connectivity index (χ0n) is 14.6. The second kappa shape index (κ2) is 9.00. The van der Waals surface area contributed by atoms with Crippen molar-refractivity contribution >= 4 is 23.5 Å². The fourth-order valence-electron chi connectivity index (χ4n) is 2.65. The van der Waals surface area contributed by atoms with Crippen LogP contribution in [0.3, 0.4) is 0 Å². The van der Waals surface area contributed by atoms with Gasteiger partial charge < -0.3 is 24.5 Å². The number of benzene rings is 1. The molecule has 0 saturated carbocycles. The summed E-state index contributed by atoms with van der Waals surface area (Å²) in [7, 11) is 0. The van der Waals surface area contributed by atoms with Gasteiger partial charge in [-0.15, -0.1) is 0 Å². The Bertz CT molecular complexity index is 796. The highest BCUT2D eigenvalue weighted by atomic mass is 16.5. The maximum atomic E-state index is 12.3. The van der Waals surface area contributed by atoms with Crippen LogP contribution in [0, 0.1) is 0 Å². The third-order valence-corrected chi connectivity index (χ3v) is 4.03. The van der Waals surface area contributed by atoms with Crippen LogP contribution in [0.5, 0.6) is 0 Å². The molecule has 0 aliphatic carbocycles. The molecule has 1 aliphatic rings. The summed E-state index contributed by atoms with van der Waals surface area (Å²) in [4.78, 5) is 36.2. The average Bonchev–Trinajstić information content (AvgIpc) is 3.38.